The number of carbonyl (C=O) groups excluding carboxylic acids is 1. The first-order chi connectivity index (χ1) is 13.1. The van der Waals surface area contributed by atoms with Gasteiger partial charge in [0.05, 0.1) is 6.54 Å². The van der Waals surface area contributed by atoms with E-state index in [9.17, 15) is 4.79 Å². The molecule has 0 atom stereocenters. The maximum absolute atomic E-state index is 12.4. The van der Waals surface area contributed by atoms with Gasteiger partial charge in [0.2, 0.25) is 5.91 Å². The van der Waals surface area contributed by atoms with E-state index in [1.165, 1.54) is 11.3 Å². The number of carbonyl (C=O) groups is 1. The summed E-state index contributed by atoms with van der Waals surface area (Å²) in [6, 6.07) is 18.2. The number of hydrogen-bond acceptors (Lipinski definition) is 3. The highest BCUT2D eigenvalue weighted by Gasteiger charge is 2.20. The molecule has 28 heavy (non-hydrogen) atoms. The van der Waals surface area contributed by atoms with Crippen molar-refractivity contribution in [1.29, 1.82) is 0 Å². The van der Waals surface area contributed by atoms with Gasteiger partial charge in [-0.2, -0.15) is 0 Å². The second-order valence-electron chi connectivity index (χ2n) is 6.71. The number of aliphatic imine (C=N–C) groups is 1. The van der Waals surface area contributed by atoms with Gasteiger partial charge in [0.1, 0.15) is 0 Å². The first-order valence-corrected chi connectivity index (χ1v) is 9.33. The van der Waals surface area contributed by atoms with Gasteiger partial charge >= 0.3 is 0 Å². The Hall–Kier alpha value is -2.29. The lowest BCUT2D eigenvalue weighted by molar-refractivity contribution is -0.131. The number of piperazine rings is 1. The van der Waals surface area contributed by atoms with Gasteiger partial charge in [0.25, 0.3) is 0 Å². The van der Waals surface area contributed by atoms with E-state index in [0.717, 1.165) is 31.9 Å². The van der Waals surface area contributed by atoms with Crippen molar-refractivity contribution in [2.75, 3.05) is 42.9 Å². The smallest absolute Gasteiger partial charge is 0.224 e. The molecule has 6 nitrogen and oxygen atoms in total. The van der Waals surface area contributed by atoms with Gasteiger partial charge in [-0.3, -0.25) is 9.79 Å². The monoisotopic (exact) mass is 493 g/mol. The summed E-state index contributed by atoms with van der Waals surface area (Å²) in [4.78, 5) is 20.9. The van der Waals surface area contributed by atoms with E-state index in [-0.39, 0.29) is 29.9 Å². The second-order valence-corrected chi connectivity index (χ2v) is 6.71. The van der Waals surface area contributed by atoms with Crippen LogP contribution in [0.5, 0.6) is 0 Å². The van der Waals surface area contributed by atoms with Crippen LogP contribution < -0.4 is 16.0 Å². The summed E-state index contributed by atoms with van der Waals surface area (Å²) in [6.45, 7) is 5.63. The fraction of sp³-hybridized carbons (Fsp3) is 0.333. The van der Waals surface area contributed by atoms with Crippen LogP contribution in [0.4, 0.5) is 11.4 Å². The molecule has 1 aliphatic rings. The van der Waals surface area contributed by atoms with Crippen molar-refractivity contribution in [2.45, 2.75) is 13.3 Å². The number of amides is 1. The molecule has 2 aromatic carbocycles. The SMILES string of the molecule is Cc1ccc(NC(N)=NCCC(=O)N2CCN(c3ccccc3)CC2)cc1.I. The number of para-hydroxylation sites is 1. The fourth-order valence-electron chi connectivity index (χ4n) is 3.11. The van der Waals surface area contributed by atoms with Gasteiger partial charge in [-0.05, 0) is 31.2 Å². The third kappa shape index (κ3) is 6.40. The predicted octanol–water partition coefficient (Wildman–Crippen LogP) is 3.08. The summed E-state index contributed by atoms with van der Waals surface area (Å²) >= 11 is 0. The van der Waals surface area contributed by atoms with Crippen LogP contribution in [0.3, 0.4) is 0 Å². The zero-order valence-corrected chi connectivity index (χ0v) is 18.5. The lowest BCUT2D eigenvalue weighted by atomic mass is 10.2. The van der Waals surface area contributed by atoms with E-state index in [2.05, 4.69) is 27.3 Å². The average Bonchev–Trinajstić information content (AvgIpc) is 2.70. The molecule has 2 aromatic rings. The molecular formula is C21H28IN5O. The van der Waals surface area contributed by atoms with Gasteiger partial charge in [-0.15, -0.1) is 24.0 Å². The molecule has 0 aromatic heterocycles. The van der Waals surface area contributed by atoms with Crippen LogP contribution in [0.25, 0.3) is 0 Å². The average molecular weight is 493 g/mol. The van der Waals surface area contributed by atoms with E-state index >= 15 is 0 Å². The van der Waals surface area contributed by atoms with E-state index in [1.54, 1.807) is 0 Å². The van der Waals surface area contributed by atoms with Crippen molar-refractivity contribution >= 4 is 47.2 Å². The number of halogens is 1. The molecule has 1 fully saturated rings. The predicted molar refractivity (Wildman–Crippen MR) is 127 cm³/mol. The number of rotatable bonds is 5. The third-order valence-electron chi connectivity index (χ3n) is 4.69. The lowest BCUT2D eigenvalue weighted by Gasteiger charge is -2.36. The molecule has 0 spiro atoms. The Bertz CT molecular complexity index is 771. The Labute approximate surface area is 183 Å². The largest absolute Gasteiger partial charge is 0.370 e. The highest BCUT2D eigenvalue weighted by molar-refractivity contribution is 14.0. The van der Waals surface area contributed by atoms with E-state index in [1.807, 2.05) is 54.3 Å². The van der Waals surface area contributed by atoms with Crippen molar-refractivity contribution in [3.8, 4) is 0 Å². The highest BCUT2D eigenvalue weighted by atomic mass is 127. The summed E-state index contributed by atoms with van der Waals surface area (Å²) in [5.41, 5.74) is 9.19. The summed E-state index contributed by atoms with van der Waals surface area (Å²) in [5.74, 6) is 0.468. The second kappa shape index (κ2) is 10.9. The number of hydrogen-bond donors (Lipinski definition) is 2. The Kier molecular flexibility index (Phi) is 8.56. The van der Waals surface area contributed by atoms with Crippen molar-refractivity contribution < 1.29 is 4.79 Å². The number of nitrogens with zero attached hydrogens (tertiary/aromatic N) is 3. The van der Waals surface area contributed by atoms with E-state index in [0.29, 0.717) is 18.9 Å². The van der Waals surface area contributed by atoms with Crippen molar-refractivity contribution in [3.63, 3.8) is 0 Å². The quantitative estimate of drug-likeness (QED) is 0.382. The van der Waals surface area contributed by atoms with Gasteiger partial charge in [-0.1, -0.05) is 35.9 Å². The van der Waals surface area contributed by atoms with Crippen LogP contribution in [0, 0.1) is 6.92 Å². The highest BCUT2D eigenvalue weighted by Crippen LogP contribution is 2.15. The standard InChI is InChI=1S/C21H27N5O.HI/c1-17-7-9-18(10-8-17)24-21(22)23-12-11-20(27)26-15-13-25(14-16-26)19-5-3-2-4-6-19;/h2-10H,11-16H2,1H3,(H3,22,23,24);1H. The van der Waals surface area contributed by atoms with Crippen LogP contribution in [0.15, 0.2) is 59.6 Å². The number of nitrogens with one attached hydrogen (secondary N) is 1. The van der Waals surface area contributed by atoms with Crippen LogP contribution >= 0.6 is 24.0 Å². The van der Waals surface area contributed by atoms with Crippen LogP contribution in [-0.2, 0) is 4.79 Å². The molecule has 1 heterocycles. The molecule has 7 heteroatoms. The lowest BCUT2D eigenvalue weighted by Crippen LogP contribution is -2.48. The van der Waals surface area contributed by atoms with Crippen LogP contribution in [0.2, 0.25) is 0 Å². The van der Waals surface area contributed by atoms with Crippen LogP contribution in [0.1, 0.15) is 12.0 Å². The van der Waals surface area contributed by atoms with Gasteiger partial charge < -0.3 is 20.9 Å². The fourth-order valence-corrected chi connectivity index (χ4v) is 3.11. The first kappa shape index (κ1) is 22.0. The number of nitrogens with two attached hydrogens (primary N) is 1. The van der Waals surface area contributed by atoms with Crippen molar-refractivity contribution in [2.24, 2.45) is 10.7 Å². The third-order valence-corrected chi connectivity index (χ3v) is 4.69. The number of benzene rings is 2. The van der Waals surface area contributed by atoms with Gasteiger partial charge in [-0.25, -0.2) is 0 Å². The molecular weight excluding hydrogens is 465 g/mol. The van der Waals surface area contributed by atoms with Gasteiger partial charge in [0.15, 0.2) is 5.96 Å². The topological polar surface area (TPSA) is 74.0 Å². The minimum Gasteiger partial charge on any atom is -0.370 e. The number of aryl methyl sites for hydroxylation is 1. The molecule has 1 aliphatic heterocycles. The molecule has 3 rings (SSSR count). The summed E-state index contributed by atoms with van der Waals surface area (Å²) in [6.07, 6.45) is 0.377. The molecule has 1 amide bonds. The zero-order chi connectivity index (χ0) is 19.1. The summed E-state index contributed by atoms with van der Waals surface area (Å²) < 4.78 is 0. The molecule has 0 saturated carbocycles. The van der Waals surface area contributed by atoms with Crippen molar-refractivity contribution in [3.05, 3.63) is 60.2 Å². The van der Waals surface area contributed by atoms with Crippen molar-refractivity contribution in [1.82, 2.24) is 4.90 Å². The molecule has 150 valence electrons. The normalized spacial score (nSPS) is 14.4. The minimum atomic E-state index is 0. The Morgan fingerprint density at radius 1 is 1.04 bits per heavy atom. The molecule has 0 aliphatic carbocycles. The number of anilines is 2. The zero-order valence-electron chi connectivity index (χ0n) is 16.2. The molecule has 3 N–H and O–H groups in total. The molecule has 0 bridgehead atoms. The molecule has 0 unspecified atom stereocenters. The Balaban J connectivity index is 0.00000280. The first-order valence-electron chi connectivity index (χ1n) is 9.33. The Morgan fingerprint density at radius 2 is 1.68 bits per heavy atom. The Morgan fingerprint density at radius 3 is 2.32 bits per heavy atom. The molecule has 0 radical (unpaired) electrons. The summed E-state index contributed by atoms with van der Waals surface area (Å²) in [7, 11) is 0. The van der Waals surface area contributed by atoms with Crippen LogP contribution in [-0.4, -0.2) is 49.5 Å². The van der Waals surface area contributed by atoms with E-state index in [4.69, 9.17) is 5.73 Å². The summed E-state index contributed by atoms with van der Waals surface area (Å²) in [5, 5.41) is 3.04. The van der Waals surface area contributed by atoms with Gasteiger partial charge in [0, 0.05) is 44.0 Å². The molecule has 1 saturated heterocycles. The maximum Gasteiger partial charge on any atom is 0.224 e. The van der Waals surface area contributed by atoms with E-state index < -0.39 is 0 Å². The minimum absolute atomic E-state index is 0. The maximum atomic E-state index is 12.4. The number of guanidine groups is 1.